The lowest BCUT2D eigenvalue weighted by atomic mass is 10.3. The summed E-state index contributed by atoms with van der Waals surface area (Å²) in [5.74, 6) is -0.159. The van der Waals surface area contributed by atoms with Gasteiger partial charge < -0.3 is 4.42 Å². The van der Waals surface area contributed by atoms with Crippen LogP contribution in [0.2, 0.25) is 0 Å². The van der Waals surface area contributed by atoms with Crippen molar-refractivity contribution in [3.05, 3.63) is 54.2 Å². The lowest BCUT2D eigenvalue weighted by molar-refractivity contribution is 0.0927. The Morgan fingerprint density at radius 2 is 2.24 bits per heavy atom. The summed E-state index contributed by atoms with van der Waals surface area (Å²) >= 11 is 0. The van der Waals surface area contributed by atoms with Crippen molar-refractivity contribution in [2.45, 2.75) is 6.92 Å². The van der Waals surface area contributed by atoms with Crippen molar-refractivity contribution in [2.75, 3.05) is 0 Å². The Morgan fingerprint density at radius 1 is 1.35 bits per heavy atom. The molecule has 0 saturated heterocycles. The first kappa shape index (κ1) is 11.1. The van der Waals surface area contributed by atoms with Gasteiger partial charge in [-0.2, -0.15) is 5.10 Å². The van der Waals surface area contributed by atoms with Crippen molar-refractivity contribution in [3.63, 3.8) is 0 Å². The minimum absolute atomic E-state index is 0.225. The van der Waals surface area contributed by atoms with Crippen molar-refractivity contribution in [1.82, 2.24) is 10.4 Å². The molecule has 1 N–H and O–H groups in total. The molecule has 0 fully saturated rings. The molecule has 2 rings (SSSR count). The first-order valence-corrected chi connectivity index (χ1v) is 5.07. The van der Waals surface area contributed by atoms with E-state index in [9.17, 15) is 4.79 Å². The molecule has 2 aromatic heterocycles. The molecule has 17 heavy (non-hydrogen) atoms. The van der Waals surface area contributed by atoms with Crippen LogP contribution in [0.1, 0.15) is 23.2 Å². The van der Waals surface area contributed by atoms with Gasteiger partial charge >= 0.3 is 5.91 Å². The minimum atomic E-state index is -0.384. The lowest BCUT2D eigenvalue weighted by Crippen LogP contribution is -2.18. The number of nitrogens with zero attached hydrogens (tertiary/aromatic N) is 2. The number of carbonyl (C=O) groups is 1. The molecule has 0 aliphatic heterocycles. The van der Waals surface area contributed by atoms with Gasteiger partial charge in [-0.15, -0.1) is 0 Å². The second kappa shape index (κ2) is 5.07. The van der Waals surface area contributed by atoms with Crippen LogP contribution in [0.15, 0.2) is 52.3 Å². The van der Waals surface area contributed by atoms with Crippen LogP contribution in [-0.4, -0.2) is 16.6 Å². The number of rotatable bonds is 3. The molecule has 0 atom stereocenters. The second-order valence-electron chi connectivity index (χ2n) is 3.33. The highest BCUT2D eigenvalue weighted by Gasteiger charge is 2.07. The van der Waals surface area contributed by atoms with Crippen LogP contribution in [0, 0.1) is 0 Å². The quantitative estimate of drug-likeness (QED) is 0.644. The van der Waals surface area contributed by atoms with E-state index in [1.54, 1.807) is 25.3 Å². The molecule has 0 spiro atoms. The van der Waals surface area contributed by atoms with Crippen molar-refractivity contribution in [3.8, 4) is 0 Å². The van der Waals surface area contributed by atoms with E-state index in [4.69, 9.17) is 4.42 Å². The van der Waals surface area contributed by atoms with Crippen LogP contribution in [0.4, 0.5) is 0 Å². The number of hydrogen-bond acceptors (Lipinski definition) is 4. The Labute approximate surface area is 98.2 Å². The smallest absolute Gasteiger partial charge is 0.307 e. The van der Waals surface area contributed by atoms with Gasteiger partial charge in [0.15, 0.2) is 5.76 Å². The standard InChI is InChI=1S/C12H11N3O2/c1-9(10-5-2-3-7-13-10)14-15-12(16)11-6-4-8-17-11/h2-8H,1H3,(H,15,16)/b14-9-. The summed E-state index contributed by atoms with van der Waals surface area (Å²) in [5, 5.41) is 3.94. The van der Waals surface area contributed by atoms with Crippen LogP contribution in [-0.2, 0) is 0 Å². The van der Waals surface area contributed by atoms with E-state index in [1.807, 2.05) is 18.2 Å². The van der Waals surface area contributed by atoms with Gasteiger partial charge in [0.2, 0.25) is 0 Å². The summed E-state index contributed by atoms with van der Waals surface area (Å²) in [7, 11) is 0. The molecular weight excluding hydrogens is 218 g/mol. The van der Waals surface area contributed by atoms with E-state index < -0.39 is 0 Å². The normalized spacial score (nSPS) is 11.2. The average molecular weight is 229 g/mol. The summed E-state index contributed by atoms with van der Waals surface area (Å²) < 4.78 is 4.94. The Morgan fingerprint density at radius 3 is 2.88 bits per heavy atom. The summed E-state index contributed by atoms with van der Waals surface area (Å²) in [6, 6.07) is 8.71. The largest absolute Gasteiger partial charge is 0.459 e. The third-order valence-corrected chi connectivity index (χ3v) is 2.11. The Kier molecular flexibility index (Phi) is 3.30. The Balaban J connectivity index is 2.04. The van der Waals surface area contributed by atoms with E-state index in [1.165, 1.54) is 6.26 Å². The maximum atomic E-state index is 11.5. The fraction of sp³-hybridized carbons (Fsp3) is 0.0833. The lowest BCUT2D eigenvalue weighted by Gasteiger charge is -2.00. The molecule has 5 nitrogen and oxygen atoms in total. The van der Waals surface area contributed by atoms with Crippen molar-refractivity contribution >= 4 is 11.6 Å². The van der Waals surface area contributed by atoms with Gasteiger partial charge in [0.25, 0.3) is 0 Å². The Hall–Kier alpha value is -2.43. The molecular formula is C12H11N3O2. The first-order valence-electron chi connectivity index (χ1n) is 5.07. The van der Waals surface area contributed by atoms with Crippen molar-refractivity contribution < 1.29 is 9.21 Å². The van der Waals surface area contributed by atoms with E-state index in [0.717, 1.165) is 0 Å². The third-order valence-electron chi connectivity index (χ3n) is 2.11. The van der Waals surface area contributed by atoms with Crippen LogP contribution in [0.3, 0.4) is 0 Å². The van der Waals surface area contributed by atoms with Gasteiger partial charge in [-0.3, -0.25) is 9.78 Å². The molecule has 0 aliphatic carbocycles. The van der Waals surface area contributed by atoms with Gasteiger partial charge in [0.1, 0.15) is 0 Å². The van der Waals surface area contributed by atoms with Gasteiger partial charge in [-0.1, -0.05) is 6.07 Å². The molecule has 86 valence electrons. The molecule has 0 radical (unpaired) electrons. The third kappa shape index (κ3) is 2.78. The fourth-order valence-corrected chi connectivity index (χ4v) is 1.23. The number of pyridine rings is 1. The predicted molar refractivity (Wildman–Crippen MR) is 62.6 cm³/mol. The topological polar surface area (TPSA) is 67.5 Å². The van der Waals surface area contributed by atoms with E-state index in [2.05, 4.69) is 15.5 Å². The van der Waals surface area contributed by atoms with Gasteiger partial charge in [0.05, 0.1) is 17.7 Å². The number of hydrogen-bond donors (Lipinski definition) is 1. The highest BCUT2D eigenvalue weighted by molar-refractivity contribution is 5.98. The number of furan rings is 1. The maximum Gasteiger partial charge on any atom is 0.307 e. The highest BCUT2D eigenvalue weighted by atomic mass is 16.3. The molecule has 0 aromatic carbocycles. The minimum Gasteiger partial charge on any atom is -0.459 e. The van der Waals surface area contributed by atoms with Crippen LogP contribution >= 0.6 is 0 Å². The van der Waals surface area contributed by atoms with E-state index >= 15 is 0 Å². The van der Waals surface area contributed by atoms with Crippen LogP contribution in [0.5, 0.6) is 0 Å². The number of aromatic nitrogens is 1. The maximum absolute atomic E-state index is 11.5. The molecule has 2 heterocycles. The van der Waals surface area contributed by atoms with Gasteiger partial charge in [-0.05, 0) is 31.2 Å². The van der Waals surface area contributed by atoms with Crippen molar-refractivity contribution in [2.24, 2.45) is 5.10 Å². The summed E-state index contributed by atoms with van der Waals surface area (Å²) in [5.41, 5.74) is 3.74. The zero-order chi connectivity index (χ0) is 12.1. The van der Waals surface area contributed by atoms with Crippen molar-refractivity contribution in [1.29, 1.82) is 0 Å². The van der Waals surface area contributed by atoms with Gasteiger partial charge in [0, 0.05) is 6.20 Å². The van der Waals surface area contributed by atoms with Gasteiger partial charge in [-0.25, -0.2) is 5.43 Å². The average Bonchev–Trinajstić information content (AvgIpc) is 2.90. The monoisotopic (exact) mass is 229 g/mol. The summed E-state index contributed by atoms with van der Waals surface area (Å²) in [6.07, 6.45) is 3.10. The molecule has 2 aromatic rings. The number of hydrazone groups is 1. The highest BCUT2D eigenvalue weighted by Crippen LogP contribution is 2.00. The summed E-state index contributed by atoms with van der Waals surface area (Å²) in [4.78, 5) is 15.6. The summed E-state index contributed by atoms with van der Waals surface area (Å²) in [6.45, 7) is 1.77. The number of amides is 1. The molecule has 0 saturated carbocycles. The fourth-order valence-electron chi connectivity index (χ4n) is 1.23. The zero-order valence-corrected chi connectivity index (χ0v) is 9.25. The van der Waals surface area contributed by atoms with Crippen LogP contribution in [0.25, 0.3) is 0 Å². The zero-order valence-electron chi connectivity index (χ0n) is 9.25. The first-order chi connectivity index (χ1) is 8.27. The Bertz CT molecular complexity index is 518. The van der Waals surface area contributed by atoms with E-state index in [0.29, 0.717) is 11.4 Å². The predicted octanol–water partition coefficient (Wildman–Crippen LogP) is 1.83. The van der Waals surface area contributed by atoms with Crippen LogP contribution < -0.4 is 5.43 Å². The number of carbonyl (C=O) groups excluding carboxylic acids is 1. The molecule has 0 aliphatic rings. The second-order valence-corrected chi connectivity index (χ2v) is 3.33. The molecule has 5 heteroatoms. The molecule has 0 bridgehead atoms. The molecule has 0 unspecified atom stereocenters. The van der Waals surface area contributed by atoms with E-state index in [-0.39, 0.29) is 11.7 Å². The SMILES string of the molecule is C/C(=N/NC(=O)c1ccco1)c1ccccn1. The molecule has 1 amide bonds. The number of nitrogens with one attached hydrogen (secondary N) is 1.